The molecule has 0 saturated heterocycles. The Morgan fingerprint density at radius 2 is 2.05 bits per heavy atom. The summed E-state index contributed by atoms with van der Waals surface area (Å²) < 4.78 is 1.41. The average Bonchev–Trinajstić information content (AvgIpc) is 2.87. The van der Waals surface area contributed by atoms with Gasteiger partial charge in [0.25, 0.3) is 5.69 Å². The molecular weight excluding hydrogens is 260 g/mol. The Balaban J connectivity index is 2.43. The molecule has 7 heteroatoms. The van der Waals surface area contributed by atoms with Crippen LogP contribution in [0.2, 0.25) is 0 Å². The molecule has 1 N–H and O–H groups in total. The molecule has 0 aliphatic rings. The number of aryl methyl sites for hydroxylation is 3. The molecule has 0 aliphatic carbocycles. The molecule has 0 unspecified atom stereocenters. The number of nitro groups is 1. The number of benzene rings is 1. The Labute approximate surface area is 116 Å². The maximum atomic E-state index is 11.1. The number of nitrogens with zero attached hydrogens (tertiary/aromatic N) is 4. The van der Waals surface area contributed by atoms with Crippen molar-refractivity contribution in [1.29, 1.82) is 0 Å². The van der Waals surface area contributed by atoms with Gasteiger partial charge in [0.15, 0.2) is 0 Å². The van der Waals surface area contributed by atoms with Crippen LogP contribution >= 0.6 is 0 Å². The van der Waals surface area contributed by atoms with Crippen LogP contribution in [-0.4, -0.2) is 31.6 Å². The van der Waals surface area contributed by atoms with Gasteiger partial charge in [0, 0.05) is 12.7 Å². The molecule has 0 aliphatic heterocycles. The van der Waals surface area contributed by atoms with E-state index in [1.807, 2.05) is 13.8 Å². The molecule has 0 atom stereocenters. The molecule has 0 fully saturated rings. The zero-order chi connectivity index (χ0) is 14.7. The maximum absolute atomic E-state index is 11.1. The molecule has 20 heavy (non-hydrogen) atoms. The van der Waals surface area contributed by atoms with Crippen molar-refractivity contribution in [3.05, 3.63) is 45.3 Å². The second-order valence-electron chi connectivity index (χ2n) is 4.66. The monoisotopic (exact) mass is 276 g/mol. The van der Waals surface area contributed by atoms with E-state index >= 15 is 0 Å². The molecule has 0 saturated carbocycles. The van der Waals surface area contributed by atoms with E-state index in [1.165, 1.54) is 4.68 Å². The number of aliphatic hydroxyl groups is 1. The van der Waals surface area contributed by atoms with Gasteiger partial charge in [-0.05, 0) is 43.9 Å². The summed E-state index contributed by atoms with van der Waals surface area (Å²) in [5.41, 5.74) is 2.93. The standard InChI is InChI=1S/C13H16N4O3/c1-9-6-12(13(17(19)20)7-10(9)2)16-8-11(14-15-16)4-3-5-18/h6-8,18H,3-5H2,1-2H3. The fraction of sp³-hybridized carbons (Fsp3) is 0.385. The molecule has 0 bridgehead atoms. The summed E-state index contributed by atoms with van der Waals surface area (Å²) in [4.78, 5) is 10.7. The zero-order valence-electron chi connectivity index (χ0n) is 11.4. The lowest BCUT2D eigenvalue weighted by molar-refractivity contribution is -0.384. The van der Waals surface area contributed by atoms with Crippen LogP contribution in [0.4, 0.5) is 5.69 Å². The van der Waals surface area contributed by atoms with E-state index in [9.17, 15) is 10.1 Å². The van der Waals surface area contributed by atoms with Gasteiger partial charge in [0.05, 0.1) is 16.8 Å². The van der Waals surface area contributed by atoms with E-state index in [-0.39, 0.29) is 12.3 Å². The van der Waals surface area contributed by atoms with Crippen molar-refractivity contribution in [3.8, 4) is 5.69 Å². The average molecular weight is 276 g/mol. The summed E-state index contributed by atoms with van der Waals surface area (Å²) in [7, 11) is 0. The number of aliphatic hydroxyl groups excluding tert-OH is 1. The number of hydrogen-bond donors (Lipinski definition) is 1. The van der Waals surface area contributed by atoms with Gasteiger partial charge in [0.1, 0.15) is 5.69 Å². The van der Waals surface area contributed by atoms with Crippen LogP contribution in [0.5, 0.6) is 0 Å². The summed E-state index contributed by atoms with van der Waals surface area (Å²) in [5, 5.41) is 27.8. The van der Waals surface area contributed by atoms with Gasteiger partial charge in [-0.3, -0.25) is 10.1 Å². The van der Waals surface area contributed by atoms with Crippen molar-refractivity contribution in [2.75, 3.05) is 6.61 Å². The molecule has 1 heterocycles. The van der Waals surface area contributed by atoms with Crippen LogP contribution in [0.15, 0.2) is 18.3 Å². The Morgan fingerprint density at radius 1 is 1.35 bits per heavy atom. The summed E-state index contributed by atoms with van der Waals surface area (Å²) in [5.74, 6) is 0. The minimum atomic E-state index is -0.420. The second-order valence-corrected chi connectivity index (χ2v) is 4.66. The third-order valence-corrected chi connectivity index (χ3v) is 3.17. The van der Waals surface area contributed by atoms with Gasteiger partial charge in [-0.2, -0.15) is 0 Å². The third kappa shape index (κ3) is 2.83. The first kappa shape index (κ1) is 14.1. The fourth-order valence-corrected chi connectivity index (χ4v) is 1.91. The highest BCUT2D eigenvalue weighted by Crippen LogP contribution is 2.26. The van der Waals surface area contributed by atoms with Crippen molar-refractivity contribution in [2.24, 2.45) is 0 Å². The largest absolute Gasteiger partial charge is 0.396 e. The van der Waals surface area contributed by atoms with Crippen LogP contribution in [0.1, 0.15) is 23.2 Å². The molecule has 1 aromatic heterocycles. The normalized spacial score (nSPS) is 10.8. The number of hydrogen-bond acceptors (Lipinski definition) is 5. The highest BCUT2D eigenvalue weighted by atomic mass is 16.6. The quantitative estimate of drug-likeness (QED) is 0.662. The summed E-state index contributed by atoms with van der Waals surface area (Å²) in [6, 6.07) is 3.28. The molecule has 0 radical (unpaired) electrons. The highest BCUT2D eigenvalue weighted by Gasteiger charge is 2.18. The van der Waals surface area contributed by atoms with Gasteiger partial charge < -0.3 is 5.11 Å². The molecule has 1 aromatic carbocycles. The molecule has 106 valence electrons. The first-order valence-electron chi connectivity index (χ1n) is 6.31. The molecule has 2 aromatic rings. The molecule has 0 amide bonds. The van der Waals surface area contributed by atoms with Crippen LogP contribution in [-0.2, 0) is 6.42 Å². The van der Waals surface area contributed by atoms with E-state index in [1.54, 1.807) is 18.3 Å². The Morgan fingerprint density at radius 3 is 2.70 bits per heavy atom. The van der Waals surface area contributed by atoms with E-state index < -0.39 is 4.92 Å². The molecule has 2 rings (SSSR count). The Hall–Kier alpha value is -2.28. The summed E-state index contributed by atoms with van der Waals surface area (Å²) >= 11 is 0. The van der Waals surface area contributed by atoms with Gasteiger partial charge >= 0.3 is 0 Å². The third-order valence-electron chi connectivity index (χ3n) is 3.17. The van der Waals surface area contributed by atoms with Crippen molar-refractivity contribution in [1.82, 2.24) is 15.0 Å². The van der Waals surface area contributed by atoms with Gasteiger partial charge in [0.2, 0.25) is 0 Å². The minimum absolute atomic E-state index is 0.00621. The molecule has 7 nitrogen and oxygen atoms in total. The van der Waals surface area contributed by atoms with Crippen molar-refractivity contribution in [2.45, 2.75) is 26.7 Å². The van der Waals surface area contributed by atoms with Crippen LogP contribution in [0.25, 0.3) is 5.69 Å². The molecule has 0 spiro atoms. The van der Waals surface area contributed by atoms with Crippen LogP contribution in [0, 0.1) is 24.0 Å². The van der Waals surface area contributed by atoms with Crippen LogP contribution < -0.4 is 0 Å². The van der Waals surface area contributed by atoms with Crippen molar-refractivity contribution < 1.29 is 10.0 Å². The topological polar surface area (TPSA) is 94.1 Å². The lowest BCUT2D eigenvalue weighted by atomic mass is 10.1. The van der Waals surface area contributed by atoms with E-state index in [4.69, 9.17) is 5.11 Å². The predicted molar refractivity (Wildman–Crippen MR) is 72.9 cm³/mol. The lowest BCUT2D eigenvalue weighted by Gasteiger charge is -2.06. The maximum Gasteiger partial charge on any atom is 0.295 e. The Bertz CT molecular complexity index is 637. The number of rotatable bonds is 5. The Kier molecular flexibility index (Phi) is 4.09. The highest BCUT2D eigenvalue weighted by molar-refractivity contribution is 5.56. The second kappa shape index (κ2) is 5.79. The first-order valence-corrected chi connectivity index (χ1v) is 6.31. The van der Waals surface area contributed by atoms with Crippen molar-refractivity contribution in [3.63, 3.8) is 0 Å². The lowest BCUT2D eigenvalue weighted by Crippen LogP contribution is -2.02. The smallest absolute Gasteiger partial charge is 0.295 e. The minimum Gasteiger partial charge on any atom is -0.396 e. The van der Waals surface area contributed by atoms with Crippen molar-refractivity contribution >= 4 is 5.69 Å². The van der Waals surface area contributed by atoms with Crippen LogP contribution in [0.3, 0.4) is 0 Å². The van der Waals surface area contributed by atoms with Gasteiger partial charge in [-0.25, -0.2) is 4.68 Å². The summed E-state index contributed by atoms with van der Waals surface area (Å²) in [6.45, 7) is 3.81. The van der Waals surface area contributed by atoms with E-state index in [0.29, 0.717) is 24.2 Å². The number of aromatic nitrogens is 3. The first-order chi connectivity index (χ1) is 9.52. The van der Waals surface area contributed by atoms with Gasteiger partial charge in [-0.15, -0.1) is 5.10 Å². The summed E-state index contributed by atoms with van der Waals surface area (Å²) in [6.07, 6.45) is 2.84. The SMILES string of the molecule is Cc1cc(-n2cc(CCCO)nn2)c([N+](=O)[O-])cc1C. The molecular formula is C13H16N4O3. The predicted octanol–water partition coefficient (Wildman–Crippen LogP) is 1.72. The number of nitro benzene ring substituents is 1. The zero-order valence-corrected chi connectivity index (χ0v) is 11.4. The van der Waals surface area contributed by atoms with E-state index in [2.05, 4.69) is 10.3 Å². The van der Waals surface area contributed by atoms with E-state index in [0.717, 1.165) is 11.1 Å². The van der Waals surface area contributed by atoms with Gasteiger partial charge in [-0.1, -0.05) is 5.21 Å². The fourth-order valence-electron chi connectivity index (χ4n) is 1.91.